The molecule has 0 unspecified atom stereocenters. The molecule has 0 spiro atoms. The minimum Gasteiger partial charge on any atom is -0.489 e. The average Bonchev–Trinajstić information content (AvgIpc) is 2.39. The van der Waals surface area contributed by atoms with Crippen molar-refractivity contribution in [1.29, 1.82) is 0 Å². The molecule has 0 bridgehead atoms. The summed E-state index contributed by atoms with van der Waals surface area (Å²) >= 11 is 0. The Bertz CT molecular complexity index is 459. The molecule has 0 heterocycles. The number of hydrogen-bond donors (Lipinski definition) is 1. The van der Waals surface area contributed by atoms with E-state index in [1.807, 2.05) is 24.3 Å². The highest BCUT2D eigenvalue weighted by Crippen LogP contribution is 2.14. The molecule has 2 rings (SSSR count). The first kappa shape index (κ1) is 11.7. The van der Waals surface area contributed by atoms with E-state index in [9.17, 15) is 0 Å². The Hall–Kier alpha value is -1.80. The standard InChI is InChI=1S/C15H17NO/c1-12-2-4-14(5-3-12)11-17-15-8-6-13(10-16)7-9-15/h2-9H,10-11,16H2,1H3. The van der Waals surface area contributed by atoms with E-state index in [1.165, 1.54) is 11.1 Å². The van der Waals surface area contributed by atoms with Crippen LogP contribution in [-0.4, -0.2) is 0 Å². The lowest BCUT2D eigenvalue weighted by Crippen LogP contribution is -1.97. The van der Waals surface area contributed by atoms with E-state index in [0.29, 0.717) is 13.2 Å². The lowest BCUT2D eigenvalue weighted by molar-refractivity contribution is 0.306. The van der Waals surface area contributed by atoms with Gasteiger partial charge in [-0.15, -0.1) is 0 Å². The fourth-order valence-corrected chi connectivity index (χ4v) is 1.57. The number of ether oxygens (including phenoxy) is 1. The van der Waals surface area contributed by atoms with Crippen LogP contribution < -0.4 is 10.5 Å². The molecule has 2 heteroatoms. The van der Waals surface area contributed by atoms with Gasteiger partial charge in [0, 0.05) is 6.54 Å². The van der Waals surface area contributed by atoms with Gasteiger partial charge >= 0.3 is 0 Å². The fourth-order valence-electron chi connectivity index (χ4n) is 1.57. The predicted molar refractivity (Wildman–Crippen MR) is 69.8 cm³/mol. The van der Waals surface area contributed by atoms with Crippen molar-refractivity contribution in [2.45, 2.75) is 20.1 Å². The van der Waals surface area contributed by atoms with E-state index < -0.39 is 0 Å². The van der Waals surface area contributed by atoms with Gasteiger partial charge in [0.15, 0.2) is 0 Å². The first-order chi connectivity index (χ1) is 8.28. The van der Waals surface area contributed by atoms with Crippen molar-refractivity contribution in [1.82, 2.24) is 0 Å². The molecule has 2 aromatic carbocycles. The van der Waals surface area contributed by atoms with E-state index in [2.05, 4.69) is 31.2 Å². The second-order valence-corrected chi connectivity index (χ2v) is 4.12. The van der Waals surface area contributed by atoms with Gasteiger partial charge in [0.1, 0.15) is 12.4 Å². The van der Waals surface area contributed by atoms with Crippen molar-refractivity contribution in [2.75, 3.05) is 0 Å². The Labute approximate surface area is 102 Å². The molecule has 0 amide bonds. The van der Waals surface area contributed by atoms with Gasteiger partial charge in [0.2, 0.25) is 0 Å². The highest BCUT2D eigenvalue weighted by atomic mass is 16.5. The first-order valence-corrected chi connectivity index (χ1v) is 5.75. The molecular formula is C15H17NO. The molecule has 2 aromatic rings. The molecule has 2 N–H and O–H groups in total. The van der Waals surface area contributed by atoms with E-state index in [1.54, 1.807) is 0 Å². The maximum absolute atomic E-state index is 5.69. The monoisotopic (exact) mass is 227 g/mol. The van der Waals surface area contributed by atoms with Crippen LogP contribution in [0.3, 0.4) is 0 Å². The summed E-state index contributed by atoms with van der Waals surface area (Å²) < 4.78 is 5.69. The third-order valence-electron chi connectivity index (χ3n) is 2.69. The summed E-state index contributed by atoms with van der Waals surface area (Å²) in [5, 5.41) is 0. The zero-order valence-corrected chi connectivity index (χ0v) is 10.0. The van der Waals surface area contributed by atoms with Crippen LogP contribution >= 0.6 is 0 Å². The van der Waals surface area contributed by atoms with Gasteiger partial charge < -0.3 is 10.5 Å². The van der Waals surface area contributed by atoms with Crippen LogP contribution in [0.5, 0.6) is 5.75 Å². The molecular weight excluding hydrogens is 210 g/mol. The number of rotatable bonds is 4. The molecule has 0 radical (unpaired) electrons. The molecule has 0 aliphatic heterocycles. The van der Waals surface area contributed by atoms with Crippen molar-refractivity contribution in [2.24, 2.45) is 5.73 Å². The molecule has 88 valence electrons. The van der Waals surface area contributed by atoms with Gasteiger partial charge in [-0.2, -0.15) is 0 Å². The van der Waals surface area contributed by atoms with Crippen molar-refractivity contribution in [3.8, 4) is 5.75 Å². The topological polar surface area (TPSA) is 35.2 Å². The number of benzene rings is 2. The summed E-state index contributed by atoms with van der Waals surface area (Å²) in [6, 6.07) is 16.3. The average molecular weight is 227 g/mol. The van der Waals surface area contributed by atoms with Crippen LogP contribution in [0.1, 0.15) is 16.7 Å². The van der Waals surface area contributed by atoms with E-state index in [4.69, 9.17) is 10.5 Å². The second-order valence-electron chi connectivity index (χ2n) is 4.12. The minimum atomic E-state index is 0.568. The smallest absolute Gasteiger partial charge is 0.119 e. The largest absolute Gasteiger partial charge is 0.489 e. The zero-order valence-electron chi connectivity index (χ0n) is 10.0. The van der Waals surface area contributed by atoms with Gasteiger partial charge in [-0.25, -0.2) is 0 Å². The summed E-state index contributed by atoms with van der Waals surface area (Å²) in [5.74, 6) is 0.878. The molecule has 0 aliphatic carbocycles. The van der Waals surface area contributed by atoms with Gasteiger partial charge in [0.05, 0.1) is 0 Å². The van der Waals surface area contributed by atoms with E-state index in [0.717, 1.165) is 11.3 Å². The molecule has 0 saturated heterocycles. The van der Waals surface area contributed by atoms with Crippen LogP contribution in [0.2, 0.25) is 0 Å². The Balaban J connectivity index is 1.95. The molecule has 17 heavy (non-hydrogen) atoms. The van der Waals surface area contributed by atoms with Gasteiger partial charge in [0.25, 0.3) is 0 Å². The molecule has 0 aliphatic rings. The number of nitrogens with two attached hydrogens (primary N) is 1. The second kappa shape index (κ2) is 5.51. The van der Waals surface area contributed by atoms with Gasteiger partial charge in [-0.3, -0.25) is 0 Å². The maximum Gasteiger partial charge on any atom is 0.119 e. The molecule has 2 nitrogen and oxygen atoms in total. The van der Waals surface area contributed by atoms with Gasteiger partial charge in [-0.05, 0) is 30.2 Å². The highest BCUT2D eigenvalue weighted by Gasteiger charge is 1.96. The minimum absolute atomic E-state index is 0.568. The van der Waals surface area contributed by atoms with Crippen molar-refractivity contribution in [3.63, 3.8) is 0 Å². The summed E-state index contributed by atoms with van der Waals surface area (Å²) in [4.78, 5) is 0. The zero-order chi connectivity index (χ0) is 12.1. The lowest BCUT2D eigenvalue weighted by Gasteiger charge is -2.07. The summed E-state index contributed by atoms with van der Waals surface area (Å²) in [7, 11) is 0. The quantitative estimate of drug-likeness (QED) is 0.871. The Kier molecular flexibility index (Phi) is 3.78. The van der Waals surface area contributed by atoms with Crippen molar-refractivity contribution < 1.29 is 4.74 Å². The number of hydrogen-bond acceptors (Lipinski definition) is 2. The van der Waals surface area contributed by atoms with Crippen LogP contribution in [0.4, 0.5) is 0 Å². The van der Waals surface area contributed by atoms with Crippen LogP contribution in [-0.2, 0) is 13.2 Å². The SMILES string of the molecule is Cc1ccc(COc2ccc(CN)cc2)cc1. The van der Waals surface area contributed by atoms with Crippen LogP contribution in [0.25, 0.3) is 0 Å². The fraction of sp³-hybridized carbons (Fsp3) is 0.200. The van der Waals surface area contributed by atoms with E-state index in [-0.39, 0.29) is 0 Å². The third kappa shape index (κ3) is 3.33. The first-order valence-electron chi connectivity index (χ1n) is 5.75. The summed E-state index contributed by atoms with van der Waals surface area (Å²) in [6.07, 6.45) is 0. The Morgan fingerprint density at radius 1 is 0.882 bits per heavy atom. The van der Waals surface area contributed by atoms with Crippen LogP contribution in [0, 0.1) is 6.92 Å². The summed E-state index contributed by atoms with van der Waals surface area (Å²) in [6.45, 7) is 3.25. The maximum atomic E-state index is 5.69. The number of aryl methyl sites for hydroxylation is 1. The molecule has 0 aromatic heterocycles. The Morgan fingerprint density at radius 2 is 1.47 bits per heavy atom. The highest BCUT2D eigenvalue weighted by molar-refractivity contribution is 5.28. The predicted octanol–water partition coefficient (Wildman–Crippen LogP) is 3.03. The van der Waals surface area contributed by atoms with Gasteiger partial charge in [-0.1, -0.05) is 42.0 Å². The van der Waals surface area contributed by atoms with E-state index >= 15 is 0 Å². The van der Waals surface area contributed by atoms with Crippen LogP contribution in [0.15, 0.2) is 48.5 Å². The lowest BCUT2D eigenvalue weighted by atomic mass is 10.2. The molecule has 0 saturated carbocycles. The molecule has 0 fully saturated rings. The third-order valence-corrected chi connectivity index (χ3v) is 2.69. The van der Waals surface area contributed by atoms with Crippen molar-refractivity contribution in [3.05, 3.63) is 65.2 Å². The Morgan fingerprint density at radius 3 is 2.06 bits per heavy atom. The summed E-state index contributed by atoms with van der Waals surface area (Å²) in [5.41, 5.74) is 9.10. The van der Waals surface area contributed by atoms with Crippen molar-refractivity contribution >= 4 is 0 Å². The normalized spacial score (nSPS) is 10.2. The molecule has 0 atom stereocenters.